The van der Waals surface area contributed by atoms with Crippen molar-refractivity contribution in [3.05, 3.63) is 54.4 Å². The van der Waals surface area contributed by atoms with Crippen molar-refractivity contribution in [2.45, 2.75) is 6.10 Å². The maximum absolute atomic E-state index is 12.9. The lowest BCUT2D eigenvalue weighted by Crippen LogP contribution is -2.49. The minimum absolute atomic E-state index is 0.0752. The Balaban J connectivity index is 1.63. The number of carbonyl (C=O) groups is 2. The average Bonchev–Trinajstić information content (AvgIpc) is 2.68. The molecule has 2 heterocycles. The number of morpholine rings is 1. The van der Waals surface area contributed by atoms with E-state index in [-0.39, 0.29) is 18.6 Å². The highest BCUT2D eigenvalue weighted by atomic mass is 16.5. The molecule has 3 rings (SSSR count). The average molecular weight is 385 g/mol. The standard InChI is InChI=1S/C20H23N3O5/c1-22(14-19(24)25)12-17-13-23(9-10-27-17)20(26)18-11-16(7-8-21-18)28-15-5-3-2-4-6-15/h2-8,11,17H,9-10,12-14H2,1H3,(H,24,25). The number of nitrogens with zero attached hydrogens (tertiary/aromatic N) is 3. The molecule has 1 amide bonds. The summed E-state index contributed by atoms with van der Waals surface area (Å²) in [5, 5.41) is 8.87. The molecule has 8 nitrogen and oxygen atoms in total. The highest BCUT2D eigenvalue weighted by Gasteiger charge is 2.27. The fourth-order valence-corrected chi connectivity index (χ4v) is 3.04. The maximum Gasteiger partial charge on any atom is 0.317 e. The van der Waals surface area contributed by atoms with E-state index in [4.69, 9.17) is 14.6 Å². The van der Waals surface area contributed by atoms with E-state index in [0.29, 0.717) is 43.4 Å². The first-order valence-electron chi connectivity index (χ1n) is 9.01. The molecule has 0 saturated carbocycles. The Morgan fingerprint density at radius 3 is 2.82 bits per heavy atom. The fourth-order valence-electron chi connectivity index (χ4n) is 3.04. The number of para-hydroxylation sites is 1. The predicted octanol–water partition coefficient (Wildman–Crippen LogP) is 1.73. The molecule has 1 aliphatic heterocycles. The second kappa shape index (κ2) is 9.29. The van der Waals surface area contributed by atoms with E-state index in [2.05, 4.69) is 4.98 Å². The van der Waals surface area contributed by atoms with Crippen LogP contribution >= 0.6 is 0 Å². The lowest BCUT2D eigenvalue weighted by atomic mass is 10.2. The zero-order chi connectivity index (χ0) is 19.9. The topological polar surface area (TPSA) is 92.2 Å². The largest absolute Gasteiger partial charge is 0.480 e. The van der Waals surface area contributed by atoms with Crippen LogP contribution in [0.15, 0.2) is 48.7 Å². The molecule has 1 unspecified atom stereocenters. The highest BCUT2D eigenvalue weighted by molar-refractivity contribution is 5.92. The van der Waals surface area contributed by atoms with Crippen LogP contribution in [0.4, 0.5) is 0 Å². The van der Waals surface area contributed by atoms with E-state index in [1.807, 2.05) is 30.3 Å². The lowest BCUT2D eigenvalue weighted by molar-refractivity contribution is -0.138. The van der Waals surface area contributed by atoms with E-state index < -0.39 is 5.97 Å². The second-order valence-corrected chi connectivity index (χ2v) is 6.63. The fraction of sp³-hybridized carbons (Fsp3) is 0.350. The third-order valence-electron chi connectivity index (χ3n) is 4.28. The van der Waals surface area contributed by atoms with Crippen LogP contribution in [0.1, 0.15) is 10.5 Å². The number of rotatable bonds is 7. The summed E-state index contributed by atoms with van der Waals surface area (Å²) < 4.78 is 11.4. The minimum Gasteiger partial charge on any atom is -0.480 e. The molecule has 8 heteroatoms. The van der Waals surface area contributed by atoms with E-state index in [1.54, 1.807) is 35.2 Å². The molecule has 2 aromatic rings. The van der Waals surface area contributed by atoms with Gasteiger partial charge in [0.15, 0.2) is 0 Å². The van der Waals surface area contributed by atoms with Crippen molar-refractivity contribution in [2.24, 2.45) is 0 Å². The number of carboxylic acid groups (broad SMARTS) is 1. The Bertz CT molecular complexity index is 814. The van der Waals surface area contributed by atoms with Gasteiger partial charge in [-0.3, -0.25) is 19.5 Å². The second-order valence-electron chi connectivity index (χ2n) is 6.63. The number of carbonyl (C=O) groups excluding carboxylic acids is 1. The molecule has 1 aromatic carbocycles. The first kappa shape index (κ1) is 19.8. The number of hydrogen-bond donors (Lipinski definition) is 1. The van der Waals surface area contributed by atoms with E-state index in [0.717, 1.165) is 0 Å². The third-order valence-corrected chi connectivity index (χ3v) is 4.28. The van der Waals surface area contributed by atoms with Gasteiger partial charge < -0.3 is 19.5 Å². The quantitative estimate of drug-likeness (QED) is 0.776. The van der Waals surface area contributed by atoms with Crippen molar-refractivity contribution in [3.63, 3.8) is 0 Å². The van der Waals surface area contributed by atoms with Crippen molar-refractivity contribution in [1.29, 1.82) is 0 Å². The number of likely N-dealkylation sites (N-methyl/N-ethyl adjacent to an activating group) is 1. The highest BCUT2D eigenvalue weighted by Crippen LogP contribution is 2.21. The number of amides is 1. The van der Waals surface area contributed by atoms with Gasteiger partial charge in [0.2, 0.25) is 0 Å². The van der Waals surface area contributed by atoms with Gasteiger partial charge in [0.25, 0.3) is 5.91 Å². The number of benzene rings is 1. The summed E-state index contributed by atoms with van der Waals surface area (Å²) in [6, 6.07) is 12.6. The lowest BCUT2D eigenvalue weighted by Gasteiger charge is -2.34. The van der Waals surface area contributed by atoms with Gasteiger partial charge in [0.05, 0.1) is 19.3 Å². The van der Waals surface area contributed by atoms with Gasteiger partial charge in [-0.05, 0) is 25.2 Å². The number of carboxylic acids is 1. The van der Waals surface area contributed by atoms with Gasteiger partial charge in [-0.2, -0.15) is 0 Å². The summed E-state index contributed by atoms with van der Waals surface area (Å²) in [6.07, 6.45) is 1.30. The first-order valence-corrected chi connectivity index (χ1v) is 9.01. The number of aliphatic carboxylic acids is 1. The number of pyridine rings is 1. The van der Waals surface area contributed by atoms with Crippen molar-refractivity contribution in [2.75, 3.05) is 39.8 Å². The molecule has 1 aliphatic rings. The summed E-state index contributed by atoms with van der Waals surface area (Å²) in [5.41, 5.74) is 0.299. The van der Waals surface area contributed by atoms with Gasteiger partial charge in [-0.25, -0.2) is 0 Å². The van der Waals surface area contributed by atoms with Crippen molar-refractivity contribution < 1.29 is 24.2 Å². The van der Waals surface area contributed by atoms with Crippen molar-refractivity contribution >= 4 is 11.9 Å². The Labute approximate surface area is 163 Å². The third kappa shape index (κ3) is 5.51. The molecule has 1 N–H and O–H groups in total. The number of hydrogen-bond acceptors (Lipinski definition) is 6. The van der Waals surface area contributed by atoms with E-state index in [9.17, 15) is 9.59 Å². The maximum atomic E-state index is 12.9. The molecule has 148 valence electrons. The molecule has 0 aliphatic carbocycles. The normalized spacial score (nSPS) is 16.8. The van der Waals surface area contributed by atoms with Crippen LogP contribution in [-0.4, -0.2) is 77.7 Å². The molecular weight excluding hydrogens is 362 g/mol. The van der Waals surface area contributed by atoms with Gasteiger partial charge in [0, 0.05) is 31.9 Å². The summed E-state index contributed by atoms with van der Waals surface area (Å²) in [4.78, 5) is 31.2. The van der Waals surface area contributed by atoms with Crippen LogP contribution in [0.5, 0.6) is 11.5 Å². The zero-order valence-electron chi connectivity index (χ0n) is 15.7. The SMILES string of the molecule is CN(CC(=O)O)CC1CN(C(=O)c2cc(Oc3ccccc3)ccn2)CCO1. The molecule has 1 atom stereocenters. The first-order chi connectivity index (χ1) is 13.5. The van der Waals surface area contributed by atoms with Crippen LogP contribution < -0.4 is 4.74 Å². The summed E-state index contributed by atoms with van der Waals surface area (Å²) in [6.45, 7) is 1.60. The van der Waals surface area contributed by atoms with Crippen molar-refractivity contribution in [1.82, 2.24) is 14.8 Å². The Morgan fingerprint density at radius 2 is 2.07 bits per heavy atom. The van der Waals surface area contributed by atoms with E-state index >= 15 is 0 Å². The Hall–Kier alpha value is -2.97. The molecule has 0 radical (unpaired) electrons. The molecular formula is C20H23N3O5. The Morgan fingerprint density at radius 1 is 1.29 bits per heavy atom. The van der Waals surface area contributed by atoms with Gasteiger partial charge in [-0.15, -0.1) is 0 Å². The number of ether oxygens (including phenoxy) is 2. The summed E-state index contributed by atoms with van der Waals surface area (Å²) in [7, 11) is 1.71. The van der Waals surface area contributed by atoms with Crippen LogP contribution in [0.3, 0.4) is 0 Å². The van der Waals surface area contributed by atoms with E-state index in [1.165, 1.54) is 0 Å². The Kier molecular flexibility index (Phi) is 6.57. The zero-order valence-corrected chi connectivity index (χ0v) is 15.7. The predicted molar refractivity (Wildman–Crippen MR) is 102 cm³/mol. The van der Waals surface area contributed by atoms with Crippen LogP contribution in [0.25, 0.3) is 0 Å². The molecule has 0 bridgehead atoms. The molecule has 1 saturated heterocycles. The van der Waals surface area contributed by atoms with Gasteiger partial charge >= 0.3 is 5.97 Å². The molecule has 28 heavy (non-hydrogen) atoms. The molecule has 0 spiro atoms. The summed E-state index contributed by atoms with van der Waals surface area (Å²) >= 11 is 0. The van der Waals surface area contributed by atoms with Crippen LogP contribution in [0, 0.1) is 0 Å². The smallest absolute Gasteiger partial charge is 0.317 e. The van der Waals surface area contributed by atoms with Crippen LogP contribution in [0.2, 0.25) is 0 Å². The van der Waals surface area contributed by atoms with Gasteiger partial charge in [0.1, 0.15) is 17.2 Å². The van der Waals surface area contributed by atoms with Crippen LogP contribution in [-0.2, 0) is 9.53 Å². The molecule has 1 fully saturated rings. The summed E-state index contributed by atoms with van der Waals surface area (Å²) in [5.74, 6) is 0.119. The monoisotopic (exact) mass is 385 g/mol. The minimum atomic E-state index is -0.898. The van der Waals surface area contributed by atoms with Gasteiger partial charge in [-0.1, -0.05) is 18.2 Å². The van der Waals surface area contributed by atoms with Crippen molar-refractivity contribution in [3.8, 4) is 11.5 Å². The molecule has 1 aromatic heterocycles. The number of aromatic nitrogens is 1.